The van der Waals surface area contributed by atoms with Gasteiger partial charge in [0, 0.05) is 33.2 Å². The zero-order valence-corrected chi connectivity index (χ0v) is 20.4. The van der Waals surface area contributed by atoms with Crippen LogP contribution >= 0.6 is 24.0 Å². The van der Waals surface area contributed by atoms with Crippen molar-refractivity contribution >= 4 is 35.8 Å². The van der Waals surface area contributed by atoms with Gasteiger partial charge in [-0.2, -0.15) is 0 Å². The number of guanidine groups is 1. The second-order valence-corrected chi connectivity index (χ2v) is 7.22. The molecule has 1 heterocycles. The van der Waals surface area contributed by atoms with E-state index in [4.69, 9.17) is 9.73 Å². The van der Waals surface area contributed by atoms with Gasteiger partial charge in [-0.25, -0.2) is 4.99 Å². The number of ether oxygens (including phenoxy) is 1. The van der Waals surface area contributed by atoms with Gasteiger partial charge in [0.1, 0.15) is 5.75 Å². The fourth-order valence-electron chi connectivity index (χ4n) is 3.28. The highest BCUT2D eigenvalue weighted by Gasteiger charge is 2.22. The Morgan fingerprint density at radius 1 is 1.31 bits per heavy atom. The molecular weight excluding hydrogens is 481 g/mol. The number of nitrogens with zero attached hydrogens (tertiary/aromatic N) is 3. The highest BCUT2D eigenvalue weighted by molar-refractivity contribution is 14.0. The summed E-state index contributed by atoms with van der Waals surface area (Å²) < 4.78 is 5.59. The van der Waals surface area contributed by atoms with Crippen LogP contribution in [0.25, 0.3) is 0 Å². The summed E-state index contributed by atoms with van der Waals surface area (Å²) in [7, 11) is 3.44. The Balaban J connectivity index is 0.00000420. The maximum absolute atomic E-state index is 11.7. The minimum atomic E-state index is -0.0601. The Labute approximate surface area is 192 Å². The highest BCUT2D eigenvalue weighted by atomic mass is 127. The lowest BCUT2D eigenvalue weighted by atomic mass is 10.2. The molecule has 1 aliphatic heterocycles. The fraction of sp³-hybridized carbons (Fsp3) is 0.619. The molecule has 0 spiro atoms. The molecule has 1 amide bonds. The van der Waals surface area contributed by atoms with E-state index in [1.165, 1.54) is 24.3 Å². The normalized spacial score (nSPS) is 16.8. The lowest BCUT2D eigenvalue weighted by Gasteiger charge is -2.24. The van der Waals surface area contributed by atoms with Crippen molar-refractivity contribution in [2.24, 2.45) is 4.99 Å². The van der Waals surface area contributed by atoms with Gasteiger partial charge in [0.15, 0.2) is 12.6 Å². The number of hydrogen-bond acceptors (Lipinski definition) is 4. The summed E-state index contributed by atoms with van der Waals surface area (Å²) in [5.41, 5.74) is 1.04. The molecule has 1 aliphatic rings. The summed E-state index contributed by atoms with van der Waals surface area (Å²) in [6.45, 7) is 8.91. The van der Waals surface area contributed by atoms with E-state index in [-0.39, 0.29) is 36.5 Å². The van der Waals surface area contributed by atoms with Crippen LogP contribution < -0.4 is 15.4 Å². The lowest BCUT2D eigenvalue weighted by Crippen LogP contribution is -2.44. The maximum atomic E-state index is 11.7. The summed E-state index contributed by atoms with van der Waals surface area (Å²) in [6, 6.07) is 8.33. The molecule has 0 aliphatic carbocycles. The van der Waals surface area contributed by atoms with Crippen molar-refractivity contribution in [2.45, 2.75) is 39.3 Å². The minimum Gasteiger partial charge on any atom is -0.484 e. The first kappa shape index (κ1) is 25.5. The van der Waals surface area contributed by atoms with E-state index >= 15 is 0 Å². The third-order valence-corrected chi connectivity index (χ3v) is 4.93. The number of hydrogen-bond donors (Lipinski definition) is 2. The summed E-state index contributed by atoms with van der Waals surface area (Å²) in [6.07, 6.45) is 2.52. The van der Waals surface area contributed by atoms with Gasteiger partial charge in [-0.05, 0) is 50.6 Å². The second-order valence-electron chi connectivity index (χ2n) is 7.22. The average Bonchev–Trinajstić information content (AvgIpc) is 3.16. The van der Waals surface area contributed by atoms with Crippen LogP contribution in [-0.2, 0) is 11.3 Å². The molecule has 1 fully saturated rings. The number of likely N-dealkylation sites (N-methyl/N-ethyl adjacent to an activating group) is 2. The van der Waals surface area contributed by atoms with Crippen molar-refractivity contribution in [3.05, 3.63) is 29.8 Å². The van der Waals surface area contributed by atoms with Gasteiger partial charge >= 0.3 is 0 Å². The van der Waals surface area contributed by atoms with Crippen molar-refractivity contribution in [3.63, 3.8) is 0 Å². The van der Waals surface area contributed by atoms with Crippen LogP contribution in [0.4, 0.5) is 0 Å². The van der Waals surface area contributed by atoms with Gasteiger partial charge in [0.2, 0.25) is 0 Å². The Morgan fingerprint density at radius 3 is 2.79 bits per heavy atom. The number of amides is 1. The molecule has 1 aromatic carbocycles. The fourth-order valence-corrected chi connectivity index (χ4v) is 3.28. The van der Waals surface area contributed by atoms with Gasteiger partial charge in [0.05, 0.1) is 6.54 Å². The third-order valence-electron chi connectivity index (χ3n) is 4.93. The number of benzene rings is 1. The molecule has 0 saturated carbocycles. The van der Waals surface area contributed by atoms with E-state index < -0.39 is 0 Å². The van der Waals surface area contributed by atoms with Gasteiger partial charge in [-0.3, -0.25) is 9.69 Å². The molecule has 1 unspecified atom stereocenters. The number of rotatable bonds is 9. The van der Waals surface area contributed by atoms with E-state index in [0.29, 0.717) is 18.3 Å². The Kier molecular flexibility index (Phi) is 12.0. The molecule has 0 bridgehead atoms. The monoisotopic (exact) mass is 517 g/mol. The number of nitrogens with one attached hydrogen (secondary N) is 2. The molecule has 1 atom stereocenters. The number of carbonyl (C=O) groups excluding carboxylic acids is 1. The topological polar surface area (TPSA) is 69.2 Å². The standard InChI is InChI=1S/C21H35N5O2.HI/c1-5-22-21(24-15-18-10-8-12-26(18)6-2)23-14-17-9-7-11-19(13-17)28-16-20(27)25(3)4;/h7,9,11,13,18H,5-6,8,10,12,14-16H2,1-4H3,(H2,22,23,24);1H. The number of aliphatic imine (C=N–C) groups is 1. The van der Waals surface area contributed by atoms with E-state index in [1.807, 2.05) is 24.3 Å². The van der Waals surface area contributed by atoms with Crippen LogP contribution in [0.1, 0.15) is 32.3 Å². The quantitative estimate of drug-likeness (QED) is 0.299. The van der Waals surface area contributed by atoms with Crippen molar-refractivity contribution in [3.8, 4) is 5.75 Å². The van der Waals surface area contributed by atoms with E-state index in [2.05, 4.69) is 29.4 Å². The third kappa shape index (κ3) is 8.77. The molecule has 29 heavy (non-hydrogen) atoms. The molecule has 8 heteroatoms. The summed E-state index contributed by atoms with van der Waals surface area (Å²) in [4.78, 5) is 20.4. The Bertz CT molecular complexity index is 654. The van der Waals surface area contributed by atoms with Crippen LogP contribution in [0.3, 0.4) is 0 Å². The summed E-state index contributed by atoms with van der Waals surface area (Å²) in [5, 5.41) is 6.80. The first-order valence-corrected chi connectivity index (χ1v) is 10.2. The number of carbonyl (C=O) groups is 1. The van der Waals surface area contributed by atoms with Crippen LogP contribution in [0.15, 0.2) is 29.3 Å². The van der Waals surface area contributed by atoms with Crippen LogP contribution in [0.5, 0.6) is 5.75 Å². The molecular formula is C21H36IN5O2. The predicted molar refractivity (Wildman–Crippen MR) is 129 cm³/mol. The highest BCUT2D eigenvalue weighted by Crippen LogP contribution is 2.16. The van der Waals surface area contributed by atoms with Crippen molar-refractivity contribution in [2.75, 3.05) is 46.9 Å². The second kappa shape index (κ2) is 13.6. The molecule has 1 saturated heterocycles. The van der Waals surface area contributed by atoms with E-state index in [0.717, 1.165) is 31.2 Å². The zero-order valence-electron chi connectivity index (χ0n) is 18.1. The zero-order chi connectivity index (χ0) is 20.4. The Morgan fingerprint density at radius 2 is 2.10 bits per heavy atom. The first-order chi connectivity index (χ1) is 13.5. The maximum Gasteiger partial charge on any atom is 0.259 e. The van der Waals surface area contributed by atoms with Crippen LogP contribution in [-0.4, -0.2) is 74.6 Å². The molecule has 2 N–H and O–H groups in total. The largest absolute Gasteiger partial charge is 0.484 e. The molecule has 2 rings (SSSR count). The van der Waals surface area contributed by atoms with Gasteiger partial charge < -0.3 is 20.3 Å². The van der Waals surface area contributed by atoms with Gasteiger partial charge in [0.25, 0.3) is 5.91 Å². The molecule has 0 radical (unpaired) electrons. The average molecular weight is 517 g/mol. The van der Waals surface area contributed by atoms with Crippen molar-refractivity contribution in [1.82, 2.24) is 20.4 Å². The van der Waals surface area contributed by atoms with Crippen LogP contribution in [0.2, 0.25) is 0 Å². The summed E-state index contributed by atoms with van der Waals surface area (Å²) >= 11 is 0. The first-order valence-electron chi connectivity index (χ1n) is 10.2. The van der Waals surface area contributed by atoms with E-state index in [9.17, 15) is 4.79 Å². The molecule has 0 aromatic heterocycles. The minimum absolute atomic E-state index is 0. The lowest BCUT2D eigenvalue weighted by molar-refractivity contribution is -0.130. The number of halogens is 1. The summed E-state index contributed by atoms with van der Waals surface area (Å²) in [5.74, 6) is 1.46. The van der Waals surface area contributed by atoms with Gasteiger partial charge in [-0.1, -0.05) is 19.1 Å². The van der Waals surface area contributed by atoms with Crippen molar-refractivity contribution in [1.29, 1.82) is 0 Å². The molecule has 164 valence electrons. The van der Waals surface area contributed by atoms with Crippen molar-refractivity contribution < 1.29 is 9.53 Å². The number of likely N-dealkylation sites (tertiary alicyclic amines) is 1. The van der Waals surface area contributed by atoms with Gasteiger partial charge in [-0.15, -0.1) is 24.0 Å². The van der Waals surface area contributed by atoms with E-state index in [1.54, 1.807) is 14.1 Å². The Hall–Kier alpha value is -1.55. The predicted octanol–water partition coefficient (Wildman–Crippen LogP) is 2.31. The molecule has 7 nitrogen and oxygen atoms in total. The smallest absolute Gasteiger partial charge is 0.259 e. The van der Waals surface area contributed by atoms with Crippen LogP contribution in [0, 0.1) is 0 Å². The molecule has 1 aromatic rings. The SMILES string of the molecule is CCNC(=NCc1cccc(OCC(=O)N(C)C)c1)NCC1CCCN1CC.I.